The molecule has 29 heavy (non-hydrogen) atoms. The van der Waals surface area contributed by atoms with Crippen molar-refractivity contribution in [1.29, 1.82) is 0 Å². The van der Waals surface area contributed by atoms with E-state index >= 15 is 0 Å². The van der Waals surface area contributed by atoms with Crippen molar-refractivity contribution in [3.8, 4) is 0 Å². The number of alkyl halides is 10. The van der Waals surface area contributed by atoms with Crippen LogP contribution in [-0.2, 0) is 18.4 Å². The van der Waals surface area contributed by atoms with E-state index in [1.54, 1.807) is 45.2 Å². The number of hydrogen-bond donors (Lipinski definition) is 1. The van der Waals surface area contributed by atoms with E-state index < -0.39 is 42.0 Å². The van der Waals surface area contributed by atoms with Gasteiger partial charge in [0, 0.05) is 13.3 Å². The molecule has 2 rings (SSSR count). The van der Waals surface area contributed by atoms with Crippen molar-refractivity contribution in [3.05, 3.63) is 42.3 Å². The molecule has 2 N–H and O–H groups in total. The Morgan fingerprint density at radius 2 is 1.28 bits per heavy atom. The molecular formula is C14H7F10I2N3. The smallest absolute Gasteiger partial charge is 0.397 e. The lowest BCUT2D eigenvalue weighted by atomic mass is 10.0. The zero-order chi connectivity index (χ0) is 22.6. The van der Waals surface area contributed by atoms with Crippen molar-refractivity contribution < 1.29 is 43.9 Å². The second-order valence-electron chi connectivity index (χ2n) is 5.71. The molecule has 2 aromatic rings. The second-order valence-corrected chi connectivity index (χ2v) is 8.03. The molecule has 0 aliphatic rings. The lowest BCUT2D eigenvalue weighted by Gasteiger charge is -2.23. The molecule has 0 unspecified atom stereocenters. The third-order valence-corrected chi connectivity index (χ3v) is 5.38. The Balaban J connectivity index is 2.64. The van der Waals surface area contributed by atoms with Crippen LogP contribution in [0.2, 0.25) is 0 Å². The van der Waals surface area contributed by atoms with Crippen molar-refractivity contribution in [2.45, 2.75) is 30.7 Å². The van der Waals surface area contributed by atoms with Gasteiger partial charge >= 0.3 is 24.2 Å². The summed E-state index contributed by atoms with van der Waals surface area (Å²) in [4.78, 5) is 0. The molecule has 0 saturated heterocycles. The molecule has 0 saturated carbocycles. The Labute approximate surface area is 182 Å². The van der Waals surface area contributed by atoms with Gasteiger partial charge in [0.1, 0.15) is 0 Å². The molecule has 0 amide bonds. The zero-order valence-corrected chi connectivity index (χ0v) is 17.8. The number of anilines is 1. The minimum absolute atomic E-state index is 0.168. The summed E-state index contributed by atoms with van der Waals surface area (Å²) in [6, 6.07) is 2.70. The van der Waals surface area contributed by atoms with Crippen LogP contribution >= 0.6 is 45.2 Å². The van der Waals surface area contributed by atoms with E-state index in [1.165, 1.54) is 12.1 Å². The molecule has 1 aromatic heterocycles. The number of nitrogens with two attached hydrogens (primary N) is 1. The summed E-state index contributed by atoms with van der Waals surface area (Å²) in [5.41, 5.74) is 0.907. The van der Waals surface area contributed by atoms with E-state index in [0.717, 1.165) is 0 Å². The van der Waals surface area contributed by atoms with Crippen molar-refractivity contribution in [2.75, 3.05) is 5.73 Å². The average Bonchev–Trinajstić information content (AvgIpc) is 2.95. The summed E-state index contributed by atoms with van der Waals surface area (Å²) >= 11 is 3.56. The van der Waals surface area contributed by atoms with Gasteiger partial charge in [-0.3, -0.25) is 4.68 Å². The third-order valence-electron chi connectivity index (χ3n) is 3.59. The molecular weight excluding hydrogens is 654 g/mol. The number of hydrogen-bond acceptors (Lipinski definition) is 2. The summed E-state index contributed by atoms with van der Waals surface area (Å²) in [6.45, 7) is -0.652. The quantitative estimate of drug-likeness (QED) is 0.247. The van der Waals surface area contributed by atoms with Crippen LogP contribution in [0, 0.1) is 7.14 Å². The Bertz CT molecular complexity index is 851. The lowest BCUT2D eigenvalue weighted by molar-refractivity contribution is -0.302. The van der Waals surface area contributed by atoms with Gasteiger partial charge < -0.3 is 5.73 Å². The first-order chi connectivity index (χ1) is 12.9. The van der Waals surface area contributed by atoms with E-state index in [1.807, 2.05) is 0 Å². The highest BCUT2D eigenvalue weighted by atomic mass is 127. The second kappa shape index (κ2) is 7.60. The predicted molar refractivity (Wildman–Crippen MR) is 97.5 cm³/mol. The van der Waals surface area contributed by atoms with Crippen LogP contribution in [-0.4, -0.2) is 22.1 Å². The molecule has 3 nitrogen and oxygen atoms in total. The first kappa shape index (κ1) is 24.3. The van der Waals surface area contributed by atoms with Crippen LogP contribution in [0.25, 0.3) is 0 Å². The van der Waals surface area contributed by atoms with E-state index in [9.17, 15) is 43.9 Å². The molecule has 0 spiro atoms. The van der Waals surface area contributed by atoms with Crippen LogP contribution in [0.5, 0.6) is 0 Å². The third kappa shape index (κ3) is 4.53. The zero-order valence-electron chi connectivity index (χ0n) is 13.4. The topological polar surface area (TPSA) is 43.8 Å². The van der Waals surface area contributed by atoms with Crippen LogP contribution in [0.3, 0.4) is 0 Å². The van der Waals surface area contributed by atoms with Gasteiger partial charge in [-0.25, -0.2) is 0 Å². The largest absolute Gasteiger partial charge is 0.459 e. The van der Waals surface area contributed by atoms with Crippen LogP contribution in [0.4, 0.5) is 49.6 Å². The highest BCUT2D eigenvalue weighted by Crippen LogP contribution is 2.51. The Morgan fingerprint density at radius 1 is 0.828 bits per heavy atom. The van der Waals surface area contributed by atoms with Gasteiger partial charge in [0.15, 0.2) is 5.69 Å². The van der Waals surface area contributed by atoms with Gasteiger partial charge in [-0.05, 0) is 62.9 Å². The van der Waals surface area contributed by atoms with Crippen LogP contribution < -0.4 is 5.73 Å². The Hall–Kier alpha value is -1.01. The number of halogens is 12. The maximum Gasteiger partial charge on any atom is 0.459 e. The molecule has 1 heterocycles. The summed E-state index contributed by atoms with van der Waals surface area (Å²) in [6.07, 6.45) is -13.0. The monoisotopic (exact) mass is 661 g/mol. The maximum atomic E-state index is 13.7. The van der Waals surface area contributed by atoms with Crippen molar-refractivity contribution >= 4 is 50.9 Å². The fourth-order valence-corrected chi connectivity index (χ4v) is 4.06. The summed E-state index contributed by atoms with van der Waals surface area (Å²) in [7, 11) is 0. The summed E-state index contributed by atoms with van der Waals surface area (Å²) < 4.78 is 132. The summed E-state index contributed by atoms with van der Waals surface area (Å²) in [5.74, 6) is -12.0. The van der Waals surface area contributed by atoms with E-state index in [-0.39, 0.29) is 16.4 Å². The molecule has 0 radical (unpaired) electrons. The fraction of sp³-hybridized carbons (Fsp3) is 0.357. The van der Waals surface area contributed by atoms with Gasteiger partial charge in [-0.15, -0.1) is 0 Å². The molecule has 162 valence electrons. The van der Waals surface area contributed by atoms with Crippen molar-refractivity contribution in [2.24, 2.45) is 0 Å². The number of aromatic nitrogens is 2. The number of nitrogens with zero attached hydrogens (tertiary/aromatic N) is 2. The molecule has 0 aliphatic heterocycles. The highest BCUT2D eigenvalue weighted by molar-refractivity contribution is 14.1. The van der Waals surface area contributed by atoms with Crippen LogP contribution in [0.1, 0.15) is 16.8 Å². The van der Waals surface area contributed by atoms with E-state index in [4.69, 9.17) is 5.73 Å². The first-order valence-electron chi connectivity index (χ1n) is 7.10. The van der Waals surface area contributed by atoms with Gasteiger partial charge in [-0.2, -0.15) is 49.0 Å². The summed E-state index contributed by atoms with van der Waals surface area (Å²) in [5, 5.41) is 2.74. The molecule has 0 fully saturated rings. The molecule has 0 aliphatic carbocycles. The predicted octanol–water partition coefficient (Wildman–Crippen LogP) is 6.03. The minimum atomic E-state index is -6.44. The molecule has 0 bridgehead atoms. The van der Waals surface area contributed by atoms with Gasteiger partial charge in [0.05, 0.1) is 17.8 Å². The fourth-order valence-electron chi connectivity index (χ4n) is 2.17. The van der Waals surface area contributed by atoms with Crippen molar-refractivity contribution in [1.82, 2.24) is 9.78 Å². The molecule has 15 heteroatoms. The number of nitrogen functional groups attached to an aromatic ring is 1. The minimum Gasteiger partial charge on any atom is -0.397 e. The normalized spacial score (nSPS) is 13.8. The average molecular weight is 661 g/mol. The SMILES string of the molecule is Nc1c(I)cc(Cn2cc(C(F)(F)C(F)(F)F)c(C(F)(F)C(F)(F)F)n2)cc1I. The van der Waals surface area contributed by atoms with E-state index in [2.05, 4.69) is 5.10 Å². The van der Waals surface area contributed by atoms with Crippen LogP contribution in [0.15, 0.2) is 18.3 Å². The molecule has 1 aromatic carbocycles. The first-order valence-corrected chi connectivity index (χ1v) is 9.26. The molecule has 0 atom stereocenters. The lowest BCUT2D eigenvalue weighted by Crippen LogP contribution is -2.40. The van der Waals surface area contributed by atoms with Gasteiger partial charge in [-0.1, -0.05) is 0 Å². The van der Waals surface area contributed by atoms with Crippen molar-refractivity contribution in [3.63, 3.8) is 0 Å². The number of benzene rings is 1. The number of rotatable bonds is 4. The maximum absolute atomic E-state index is 13.7. The van der Waals surface area contributed by atoms with Gasteiger partial charge in [0.25, 0.3) is 0 Å². The van der Waals surface area contributed by atoms with Gasteiger partial charge in [0.2, 0.25) is 0 Å². The highest BCUT2D eigenvalue weighted by Gasteiger charge is 2.67. The van der Waals surface area contributed by atoms with E-state index in [0.29, 0.717) is 12.8 Å². The Kier molecular flexibility index (Phi) is 6.35. The Morgan fingerprint density at radius 3 is 1.69 bits per heavy atom. The standard InChI is InChI=1S/C14H7F10I2N3/c15-11(16,13(19,20)21)6-4-29(28-10(6)12(17,18)14(22,23)24)3-5-1-7(25)9(27)8(26)2-5/h1-2,4H,3,27H2.